The summed E-state index contributed by atoms with van der Waals surface area (Å²) in [4.78, 5) is 14.4. The van der Waals surface area contributed by atoms with Gasteiger partial charge in [0.15, 0.2) is 0 Å². The predicted molar refractivity (Wildman–Crippen MR) is 138 cm³/mol. The fraction of sp³-hybridized carbons (Fsp3) is 0.250. The van der Waals surface area contributed by atoms with Gasteiger partial charge in [0.25, 0.3) is 0 Å². The second-order valence-corrected chi connectivity index (χ2v) is 23.9. The Labute approximate surface area is 202 Å². The summed E-state index contributed by atoms with van der Waals surface area (Å²) in [6.45, 7) is 0. The molecule has 0 heterocycles. The van der Waals surface area contributed by atoms with E-state index in [0.717, 1.165) is 5.56 Å². The highest BCUT2D eigenvalue weighted by atomic mass is 127. The van der Waals surface area contributed by atoms with Gasteiger partial charge in [0, 0.05) is 7.05 Å². The standard InChI is InChI=1S/C20H21I2N2O3PS/c1-24(20(27)17(23)16(25)12-13-29-28(21)22)18(14-8-4-2-5-9-14)19(26)15-10-6-3-7-11-15/h2-11,16-19,25-26H,23H2,1H3/t16-,17+,18-,19-/m1/s1. The molecule has 2 rings (SSSR count). The fourth-order valence-corrected chi connectivity index (χ4v) is 5.20. The van der Waals surface area contributed by atoms with Crippen molar-refractivity contribution in [2.24, 2.45) is 5.73 Å². The van der Waals surface area contributed by atoms with Gasteiger partial charge in [-0.15, -0.1) is 0 Å². The first-order valence-corrected chi connectivity index (χ1v) is 16.9. The zero-order valence-electron chi connectivity index (χ0n) is 15.5. The van der Waals surface area contributed by atoms with E-state index in [1.807, 2.05) is 60.7 Å². The fourth-order valence-electron chi connectivity index (χ4n) is 2.82. The summed E-state index contributed by atoms with van der Waals surface area (Å²) in [7, 11) is 1.58. The van der Waals surface area contributed by atoms with Gasteiger partial charge in [-0.05, 0) is 71.8 Å². The highest BCUT2D eigenvalue weighted by Gasteiger charge is 2.33. The molecule has 0 aliphatic heterocycles. The average molecular weight is 654 g/mol. The van der Waals surface area contributed by atoms with Crippen LogP contribution in [0.2, 0.25) is 0 Å². The van der Waals surface area contributed by atoms with Crippen LogP contribution < -0.4 is 5.73 Å². The summed E-state index contributed by atoms with van der Waals surface area (Å²) in [5.74, 6) is 2.14. The molecule has 2 aromatic rings. The Kier molecular flexibility index (Phi) is 10.7. The molecule has 5 nitrogen and oxygen atoms in total. The summed E-state index contributed by atoms with van der Waals surface area (Å²) >= 11 is 5.91. The number of halogens is 2. The van der Waals surface area contributed by atoms with E-state index in [2.05, 4.69) is 55.3 Å². The van der Waals surface area contributed by atoms with Crippen LogP contribution in [0.4, 0.5) is 0 Å². The molecule has 0 fully saturated rings. The number of hydrogen-bond acceptors (Lipinski definition) is 5. The second-order valence-electron chi connectivity index (χ2n) is 6.17. The van der Waals surface area contributed by atoms with Crippen LogP contribution in [0, 0.1) is 11.2 Å². The molecular formula is C20H21I2N2O3PS. The molecule has 0 aromatic heterocycles. The maximum Gasteiger partial charge on any atom is 0.243 e. The molecule has 0 aliphatic carbocycles. The molecular weight excluding hydrogens is 633 g/mol. The molecule has 0 saturated heterocycles. The van der Waals surface area contributed by atoms with Crippen molar-refractivity contribution in [2.75, 3.05) is 7.05 Å². The van der Waals surface area contributed by atoms with E-state index in [4.69, 9.17) is 5.73 Å². The maximum absolute atomic E-state index is 13.0. The smallest absolute Gasteiger partial charge is 0.243 e. The molecule has 4 atom stereocenters. The molecule has 1 amide bonds. The lowest BCUT2D eigenvalue weighted by Crippen LogP contribution is -2.50. The van der Waals surface area contributed by atoms with Crippen LogP contribution in [-0.4, -0.2) is 40.2 Å². The van der Waals surface area contributed by atoms with E-state index in [0.29, 0.717) is 5.56 Å². The highest BCUT2D eigenvalue weighted by Crippen LogP contribution is 2.64. The number of likely N-dealkylation sites (N-methyl/N-ethyl adjacent to an activating group) is 1. The van der Waals surface area contributed by atoms with Crippen molar-refractivity contribution in [3.05, 3.63) is 71.8 Å². The minimum absolute atomic E-state index is 0.350. The summed E-state index contributed by atoms with van der Waals surface area (Å²) in [6.07, 6.45) is -2.24. The number of amides is 1. The van der Waals surface area contributed by atoms with Crippen molar-refractivity contribution >= 4 is 63.8 Å². The van der Waals surface area contributed by atoms with Crippen LogP contribution >= 0.6 is 57.9 Å². The molecule has 0 unspecified atom stereocenters. The summed E-state index contributed by atoms with van der Waals surface area (Å²) in [5, 5.41) is 24.1. The molecule has 0 saturated carbocycles. The molecule has 154 valence electrons. The van der Waals surface area contributed by atoms with Crippen LogP contribution in [0.15, 0.2) is 60.7 Å². The van der Waals surface area contributed by atoms with E-state index in [1.54, 1.807) is 7.05 Å². The minimum Gasteiger partial charge on any atom is -0.386 e. The van der Waals surface area contributed by atoms with Crippen molar-refractivity contribution in [3.63, 3.8) is 0 Å². The van der Waals surface area contributed by atoms with Crippen molar-refractivity contribution in [1.82, 2.24) is 4.90 Å². The van der Waals surface area contributed by atoms with Gasteiger partial charge in [-0.25, -0.2) is 0 Å². The lowest BCUT2D eigenvalue weighted by molar-refractivity contribution is -0.137. The largest absolute Gasteiger partial charge is 0.386 e. The van der Waals surface area contributed by atoms with Crippen LogP contribution in [-0.2, 0) is 4.79 Å². The number of aliphatic hydroxyl groups excluding tert-OH is 2. The zero-order valence-corrected chi connectivity index (χ0v) is 21.5. The molecule has 0 spiro atoms. The molecule has 9 heteroatoms. The van der Waals surface area contributed by atoms with Crippen molar-refractivity contribution in [1.29, 1.82) is 0 Å². The quantitative estimate of drug-likeness (QED) is 0.234. The van der Waals surface area contributed by atoms with Crippen LogP contribution in [0.1, 0.15) is 23.3 Å². The molecule has 2 aromatic carbocycles. The lowest BCUT2D eigenvalue weighted by atomic mass is 9.94. The Balaban J connectivity index is 2.27. The van der Waals surface area contributed by atoms with Crippen LogP contribution in [0.3, 0.4) is 0 Å². The van der Waals surface area contributed by atoms with Gasteiger partial charge < -0.3 is 20.8 Å². The Morgan fingerprint density at radius 2 is 1.59 bits per heavy atom. The van der Waals surface area contributed by atoms with E-state index < -0.39 is 30.2 Å². The van der Waals surface area contributed by atoms with E-state index >= 15 is 0 Å². The first-order chi connectivity index (χ1) is 13.8. The average Bonchev–Trinajstić information content (AvgIpc) is 2.73. The van der Waals surface area contributed by atoms with Gasteiger partial charge in [-0.3, -0.25) is 4.79 Å². The topological polar surface area (TPSA) is 86.8 Å². The van der Waals surface area contributed by atoms with E-state index in [9.17, 15) is 15.0 Å². The normalized spacial score (nSPS) is 15.0. The monoisotopic (exact) mass is 654 g/mol. The zero-order chi connectivity index (χ0) is 21.4. The van der Waals surface area contributed by atoms with Gasteiger partial charge in [0.1, 0.15) is 18.2 Å². The number of benzene rings is 2. The molecule has 29 heavy (non-hydrogen) atoms. The van der Waals surface area contributed by atoms with E-state index in [1.165, 1.54) is 16.3 Å². The summed E-state index contributed by atoms with van der Waals surface area (Å²) < 4.78 is -0.350. The van der Waals surface area contributed by atoms with Gasteiger partial charge >= 0.3 is 0 Å². The Morgan fingerprint density at radius 1 is 1.07 bits per heavy atom. The Hall–Kier alpha value is -0.410. The SMILES string of the molecule is CN(C(=O)[C@@H](N)[C@H](O)C#CSP(I)I)[C@H](c1ccccc1)[C@H](O)c1ccccc1. The first-order valence-electron chi connectivity index (χ1n) is 8.60. The third-order valence-electron chi connectivity index (χ3n) is 4.29. The van der Waals surface area contributed by atoms with Crippen molar-refractivity contribution < 1.29 is 15.0 Å². The van der Waals surface area contributed by atoms with Crippen molar-refractivity contribution in [2.45, 2.75) is 24.3 Å². The second kappa shape index (κ2) is 12.4. The van der Waals surface area contributed by atoms with Crippen LogP contribution in [0.25, 0.3) is 0 Å². The Bertz CT molecular complexity index is 849. The Morgan fingerprint density at radius 3 is 2.10 bits per heavy atom. The summed E-state index contributed by atoms with van der Waals surface area (Å²) in [5.41, 5.74) is 7.45. The van der Waals surface area contributed by atoms with Gasteiger partial charge in [-0.1, -0.05) is 66.6 Å². The number of nitrogens with two attached hydrogens (primary N) is 1. The number of carbonyl (C=O) groups excluding carboxylic acids is 1. The lowest BCUT2D eigenvalue weighted by Gasteiger charge is -2.34. The van der Waals surface area contributed by atoms with Gasteiger partial charge in [0.2, 0.25) is 5.91 Å². The molecule has 4 N–H and O–H groups in total. The van der Waals surface area contributed by atoms with Crippen molar-refractivity contribution in [3.8, 4) is 11.2 Å². The van der Waals surface area contributed by atoms with Crippen LogP contribution in [0.5, 0.6) is 0 Å². The number of nitrogens with zero attached hydrogens (tertiary/aromatic N) is 1. The first kappa shape index (κ1) is 24.9. The predicted octanol–water partition coefficient (Wildman–Crippen LogP) is 4.40. The number of hydrogen-bond donors (Lipinski definition) is 3. The molecule has 0 bridgehead atoms. The van der Waals surface area contributed by atoms with Gasteiger partial charge in [-0.2, -0.15) is 0 Å². The number of rotatable bonds is 7. The maximum atomic E-state index is 13.0. The number of carbonyl (C=O) groups is 1. The van der Waals surface area contributed by atoms with Gasteiger partial charge in [0.05, 0.1) is 8.45 Å². The molecule has 0 radical (unpaired) electrons. The third kappa shape index (κ3) is 7.35. The van der Waals surface area contributed by atoms with E-state index in [-0.39, 0.29) is 2.41 Å². The molecule has 0 aliphatic rings. The highest BCUT2D eigenvalue weighted by molar-refractivity contribution is 14.3. The minimum atomic E-state index is -1.29. The summed E-state index contributed by atoms with van der Waals surface area (Å²) in [6, 6.07) is 16.5. The number of aliphatic hydroxyl groups is 2. The third-order valence-corrected chi connectivity index (χ3v) is 8.87.